The molecule has 3 rings (SSSR count). The molecular weight excluding hydrogens is 454 g/mol. The van der Waals surface area contributed by atoms with Gasteiger partial charge in [-0.25, -0.2) is 0 Å². The van der Waals surface area contributed by atoms with Crippen LogP contribution >= 0.6 is 0 Å². The number of benzene rings is 1. The summed E-state index contributed by atoms with van der Waals surface area (Å²) in [6.07, 6.45) is 1.68. The van der Waals surface area contributed by atoms with Gasteiger partial charge in [-0.2, -0.15) is 0 Å². The monoisotopic (exact) mass is 487 g/mol. The van der Waals surface area contributed by atoms with Crippen LogP contribution in [0, 0.1) is 5.41 Å². The van der Waals surface area contributed by atoms with Gasteiger partial charge in [-0.05, 0) is 24.1 Å². The average molecular weight is 488 g/mol. The minimum Gasteiger partial charge on any atom is -0.379 e. The summed E-state index contributed by atoms with van der Waals surface area (Å²) in [6.45, 7) is 5.36. The second-order valence-corrected chi connectivity index (χ2v) is 9.32. The highest BCUT2D eigenvalue weighted by atomic mass is 16.5. The Morgan fingerprint density at radius 2 is 1.63 bits per heavy atom. The van der Waals surface area contributed by atoms with E-state index in [-0.39, 0.29) is 68.6 Å². The number of nitrogens with zero attached hydrogens (tertiary/aromatic N) is 2. The van der Waals surface area contributed by atoms with E-state index >= 15 is 0 Å². The number of aryl methyl sites for hydroxylation is 1. The normalized spacial score (nSPS) is 17.0. The molecule has 0 atom stereocenters. The smallest absolute Gasteiger partial charge is 0.235 e. The van der Waals surface area contributed by atoms with Crippen LogP contribution in [0.2, 0.25) is 0 Å². The van der Waals surface area contributed by atoms with Crippen molar-refractivity contribution in [1.82, 2.24) is 9.80 Å². The molecule has 2 aliphatic rings. The lowest BCUT2D eigenvalue weighted by Crippen LogP contribution is -2.47. The summed E-state index contributed by atoms with van der Waals surface area (Å²) in [5.41, 5.74) is 0.967. The third kappa shape index (κ3) is 7.43. The van der Waals surface area contributed by atoms with Gasteiger partial charge >= 0.3 is 0 Å². The molecule has 10 heteroatoms. The topological polar surface area (TPSA) is 122 Å². The Bertz CT molecular complexity index is 958. The zero-order valence-corrected chi connectivity index (χ0v) is 20.3. The summed E-state index contributed by atoms with van der Waals surface area (Å²) < 4.78 is 10.8. The molecule has 1 aromatic rings. The number of ether oxygens (including phenoxy) is 2. The predicted octanol–water partition coefficient (Wildman–Crippen LogP) is 1.52. The molecule has 0 unspecified atom stereocenters. The van der Waals surface area contributed by atoms with Gasteiger partial charge in [0.1, 0.15) is 0 Å². The van der Waals surface area contributed by atoms with Gasteiger partial charge in [0.25, 0.3) is 0 Å². The van der Waals surface area contributed by atoms with Gasteiger partial charge in [-0.15, -0.1) is 0 Å². The van der Waals surface area contributed by atoms with Gasteiger partial charge in [-0.1, -0.05) is 26.0 Å². The molecule has 0 aromatic heterocycles. The minimum absolute atomic E-state index is 0.110. The molecule has 1 N–H and O–H groups in total. The quantitative estimate of drug-likeness (QED) is 0.254. The molecule has 2 heterocycles. The summed E-state index contributed by atoms with van der Waals surface area (Å²) in [4.78, 5) is 61.8. The van der Waals surface area contributed by atoms with E-state index in [1.165, 1.54) is 9.80 Å². The molecule has 2 fully saturated rings. The number of imide groups is 2. The molecule has 5 amide bonds. The highest BCUT2D eigenvalue weighted by molar-refractivity contribution is 6.05. The Morgan fingerprint density at radius 1 is 0.943 bits per heavy atom. The zero-order chi connectivity index (χ0) is 25.4. The van der Waals surface area contributed by atoms with E-state index in [4.69, 9.17) is 9.47 Å². The number of likely N-dealkylation sites (tertiary alicyclic amines) is 2. The summed E-state index contributed by atoms with van der Waals surface area (Å²) in [5, 5.41) is 2.79. The van der Waals surface area contributed by atoms with Crippen LogP contribution in [0.25, 0.3) is 0 Å². The molecule has 0 saturated carbocycles. The first-order valence-corrected chi connectivity index (χ1v) is 11.9. The van der Waals surface area contributed by atoms with Crippen LogP contribution in [-0.4, -0.2) is 78.9 Å². The Labute approximate surface area is 204 Å². The lowest BCUT2D eigenvalue weighted by atomic mass is 9.92. The number of carbonyl (C=O) groups excluding carboxylic acids is 5. The first kappa shape index (κ1) is 26.5. The fourth-order valence-electron chi connectivity index (χ4n) is 3.84. The van der Waals surface area contributed by atoms with Crippen molar-refractivity contribution >= 4 is 35.2 Å². The lowest BCUT2D eigenvalue weighted by Gasteiger charge is -2.28. The maximum Gasteiger partial charge on any atom is 0.235 e. The fraction of sp³-hybridized carbons (Fsp3) is 0.560. The number of rotatable bonds is 13. The summed E-state index contributed by atoms with van der Waals surface area (Å²) in [6, 6.07) is 7.24. The fourth-order valence-corrected chi connectivity index (χ4v) is 3.84. The Balaban J connectivity index is 1.22. The van der Waals surface area contributed by atoms with Gasteiger partial charge in [0.15, 0.2) is 0 Å². The van der Waals surface area contributed by atoms with Crippen LogP contribution < -0.4 is 5.32 Å². The van der Waals surface area contributed by atoms with Crippen molar-refractivity contribution in [3.63, 3.8) is 0 Å². The lowest BCUT2D eigenvalue weighted by molar-refractivity contribution is -0.152. The molecule has 0 bridgehead atoms. The van der Waals surface area contributed by atoms with Gasteiger partial charge in [0.05, 0.1) is 44.8 Å². The average Bonchev–Trinajstić information content (AvgIpc) is 3.00. The van der Waals surface area contributed by atoms with Gasteiger partial charge in [-0.3, -0.25) is 33.8 Å². The summed E-state index contributed by atoms with van der Waals surface area (Å²) in [5.74, 6) is -0.779. The Hall–Kier alpha value is -3.11. The predicted molar refractivity (Wildman–Crippen MR) is 126 cm³/mol. The molecule has 190 valence electrons. The number of β-lactam (4-membered cyclic amide) rings is 1. The van der Waals surface area contributed by atoms with Crippen molar-refractivity contribution in [1.29, 1.82) is 0 Å². The van der Waals surface area contributed by atoms with E-state index in [0.717, 1.165) is 5.56 Å². The van der Waals surface area contributed by atoms with Crippen LogP contribution in [0.1, 0.15) is 45.1 Å². The molecule has 0 aliphatic carbocycles. The number of hydrogen-bond donors (Lipinski definition) is 1. The van der Waals surface area contributed by atoms with Crippen molar-refractivity contribution in [2.75, 3.05) is 44.8 Å². The molecule has 2 aliphatic heterocycles. The molecule has 35 heavy (non-hydrogen) atoms. The second kappa shape index (κ2) is 12.0. The third-order valence-electron chi connectivity index (χ3n) is 6.04. The second-order valence-electron chi connectivity index (χ2n) is 9.32. The van der Waals surface area contributed by atoms with E-state index in [1.807, 2.05) is 12.1 Å². The van der Waals surface area contributed by atoms with Gasteiger partial charge in [0.2, 0.25) is 29.5 Å². The molecule has 0 radical (unpaired) electrons. The van der Waals surface area contributed by atoms with Gasteiger partial charge < -0.3 is 14.8 Å². The third-order valence-corrected chi connectivity index (χ3v) is 6.04. The first-order chi connectivity index (χ1) is 16.7. The molecule has 2 saturated heterocycles. The van der Waals surface area contributed by atoms with Gasteiger partial charge in [0, 0.05) is 31.5 Å². The van der Waals surface area contributed by atoms with Crippen molar-refractivity contribution in [2.24, 2.45) is 5.41 Å². The van der Waals surface area contributed by atoms with Crippen LogP contribution in [0.4, 0.5) is 5.69 Å². The van der Waals surface area contributed by atoms with Crippen LogP contribution in [0.5, 0.6) is 0 Å². The van der Waals surface area contributed by atoms with Crippen molar-refractivity contribution in [3.05, 3.63) is 29.8 Å². The number of anilines is 1. The Morgan fingerprint density at radius 3 is 2.20 bits per heavy atom. The Kier molecular flexibility index (Phi) is 9.11. The van der Waals surface area contributed by atoms with E-state index in [1.54, 1.807) is 26.0 Å². The van der Waals surface area contributed by atoms with E-state index in [9.17, 15) is 24.0 Å². The SMILES string of the molecule is CC1(C)CC(=O)N(CCOCCOCCC(=O)Nc2ccc(CCC(=O)N3CCC3=O)cc2)C1=O. The van der Waals surface area contributed by atoms with Crippen molar-refractivity contribution < 1.29 is 33.4 Å². The van der Waals surface area contributed by atoms with E-state index in [2.05, 4.69) is 5.32 Å². The van der Waals surface area contributed by atoms with Crippen LogP contribution in [-0.2, 0) is 39.9 Å². The van der Waals surface area contributed by atoms with Crippen molar-refractivity contribution in [2.45, 2.75) is 46.0 Å². The highest BCUT2D eigenvalue weighted by Crippen LogP contribution is 2.31. The van der Waals surface area contributed by atoms with E-state index < -0.39 is 5.41 Å². The van der Waals surface area contributed by atoms with E-state index in [0.29, 0.717) is 38.3 Å². The molecule has 1 aromatic carbocycles. The largest absolute Gasteiger partial charge is 0.379 e. The number of nitrogens with one attached hydrogen (secondary N) is 1. The van der Waals surface area contributed by atoms with Crippen molar-refractivity contribution in [3.8, 4) is 0 Å². The number of amides is 5. The number of hydrogen-bond acceptors (Lipinski definition) is 7. The minimum atomic E-state index is -0.639. The number of carbonyl (C=O) groups is 5. The molecule has 10 nitrogen and oxygen atoms in total. The molecular formula is C25H33N3O7. The highest BCUT2D eigenvalue weighted by Gasteiger charge is 2.44. The summed E-state index contributed by atoms with van der Waals surface area (Å²) >= 11 is 0. The maximum absolute atomic E-state index is 12.1. The first-order valence-electron chi connectivity index (χ1n) is 11.9. The standard InChI is InChI=1S/C25H33N3O7/c1-25(2)17-23(32)28(24(25)33)12-14-35-16-15-34-13-10-20(29)26-19-6-3-18(4-7-19)5-8-21(30)27-11-9-22(27)31/h3-4,6-7H,5,8-17H2,1-2H3,(H,26,29). The zero-order valence-electron chi connectivity index (χ0n) is 20.3. The van der Waals surface area contributed by atoms with Crippen LogP contribution in [0.15, 0.2) is 24.3 Å². The molecule has 0 spiro atoms. The maximum atomic E-state index is 12.1. The summed E-state index contributed by atoms with van der Waals surface area (Å²) in [7, 11) is 0. The van der Waals surface area contributed by atoms with Crippen LogP contribution in [0.3, 0.4) is 0 Å².